The van der Waals surface area contributed by atoms with E-state index in [1.807, 2.05) is 12.1 Å². The third kappa shape index (κ3) is 4.33. The van der Waals surface area contributed by atoms with Crippen LogP contribution in [0.3, 0.4) is 0 Å². The van der Waals surface area contributed by atoms with E-state index < -0.39 is 0 Å². The van der Waals surface area contributed by atoms with E-state index in [2.05, 4.69) is 17.2 Å². The minimum Gasteiger partial charge on any atom is -0.370 e. The highest BCUT2D eigenvalue weighted by molar-refractivity contribution is 14.0. The van der Waals surface area contributed by atoms with Gasteiger partial charge >= 0.3 is 0 Å². The van der Waals surface area contributed by atoms with E-state index in [1.54, 1.807) is 0 Å². The van der Waals surface area contributed by atoms with E-state index in [1.165, 1.54) is 12.1 Å². The molecule has 0 atom stereocenters. The Balaban J connectivity index is 0.00000180. The molecular formula is C14H21FIN3. The third-order valence-electron chi connectivity index (χ3n) is 3.42. The maximum atomic E-state index is 12.9. The summed E-state index contributed by atoms with van der Waals surface area (Å²) in [5.74, 6) is 0.312. The molecule has 0 unspecified atom stereocenters. The van der Waals surface area contributed by atoms with Crippen LogP contribution in [0.4, 0.5) is 4.39 Å². The molecule has 1 fully saturated rings. The average Bonchev–Trinajstić information content (AvgIpc) is 3.16. The first kappa shape index (κ1) is 16.2. The van der Waals surface area contributed by atoms with Crippen LogP contribution < -0.4 is 11.1 Å². The largest absolute Gasteiger partial charge is 0.370 e. The molecule has 0 saturated heterocycles. The molecule has 0 heterocycles. The zero-order valence-corrected chi connectivity index (χ0v) is 13.5. The number of guanidine groups is 1. The van der Waals surface area contributed by atoms with E-state index in [9.17, 15) is 4.39 Å². The molecule has 19 heavy (non-hydrogen) atoms. The fourth-order valence-corrected chi connectivity index (χ4v) is 2.04. The summed E-state index contributed by atoms with van der Waals surface area (Å²) in [6, 6.07) is 6.73. The summed E-state index contributed by atoms with van der Waals surface area (Å²) in [5.41, 5.74) is 7.03. The quantitative estimate of drug-likeness (QED) is 0.471. The maximum absolute atomic E-state index is 12.9. The lowest BCUT2D eigenvalue weighted by molar-refractivity contribution is 0.623. The van der Waals surface area contributed by atoms with Gasteiger partial charge in [0, 0.05) is 12.0 Å². The fraction of sp³-hybridized carbons (Fsp3) is 0.500. The first-order chi connectivity index (χ1) is 8.66. The van der Waals surface area contributed by atoms with Crippen molar-refractivity contribution in [3.05, 3.63) is 35.6 Å². The minimum atomic E-state index is -0.192. The van der Waals surface area contributed by atoms with Crippen LogP contribution in [0, 0.1) is 5.82 Å². The van der Waals surface area contributed by atoms with Crippen molar-refractivity contribution in [3.63, 3.8) is 0 Å². The highest BCUT2D eigenvalue weighted by Gasteiger charge is 2.44. The summed E-state index contributed by atoms with van der Waals surface area (Å²) in [7, 11) is 0. The van der Waals surface area contributed by atoms with E-state index in [4.69, 9.17) is 5.73 Å². The predicted molar refractivity (Wildman–Crippen MR) is 87.5 cm³/mol. The third-order valence-corrected chi connectivity index (χ3v) is 3.42. The molecule has 2 rings (SSSR count). The Labute approximate surface area is 130 Å². The Morgan fingerprint density at radius 3 is 2.53 bits per heavy atom. The van der Waals surface area contributed by atoms with Crippen molar-refractivity contribution in [2.75, 3.05) is 13.1 Å². The Kier molecular flexibility index (Phi) is 6.03. The number of benzene rings is 1. The molecule has 1 saturated carbocycles. The van der Waals surface area contributed by atoms with Crippen LogP contribution in [0.25, 0.3) is 0 Å². The second kappa shape index (κ2) is 7.07. The lowest BCUT2D eigenvalue weighted by Gasteiger charge is -2.13. The lowest BCUT2D eigenvalue weighted by Crippen LogP contribution is -2.33. The Bertz CT molecular complexity index is 427. The zero-order chi connectivity index (χ0) is 13.0. The molecule has 1 aromatic rings. The van der Waals surface area contributed by atoms with Crippen molar-refractivity contribution in [1.29, 1.82) is 0 Å². The fourth-order valence-electron chi connectivity index (χ4n) is 2.04. The molecule has 0 aliphatic heterocycles. The molecular weight excluding hydrogens is 356 g/mol. The van der Waals surface area contributed by atoms with Crippen molar-refractivity contribution < 1.29 is 4.39 Å². The van der Waals surface area contributed by atoms with Gasteiger partial charge in [0.05, 0.1) is 6.54 Å². The minimum absolute atomic E-state index is 0. The number of rotatable bonds is 5. The van der Waals surface area contributed by atoms with E-state index in [-0.39, 0.29) is 35.2 Å². The van der Waals surface area contributed by atoms with Crippen molar-refractivity contribution in [3.8, 4) is 0 Å². The molecule has 3 nitrogen and oxygen atoms in total. The van der Waals surface area contributed by atoms with Crippen LogP contribution in [0.5, 0.6) is 0 Å². The standard InChI is InChI=1S/C14H20FN3.HI/c1-2-9-17-13(16)18-10-14(7-8-14)11-3-5-12(15)6-4-11;/h3-6H,2,7-10H2,1H3,(H3,16,17,18);1H. The molecule has 5 heteroatoms. The second-order valence-corrected chi connectivity index (χ2v) is 4.92. The number of aliphatic imine (C=N–C) groups is 1. The van der Waals surface area contributed by atoms with Gasteiger partial charge in [0.15, 0.2) is 5.96 Å². The summed E-state index contributed by atoms with van der Waals surface area (Å²) in [4.78, 5) is 4.38. The smallest absolute Gasteiger partial charge is 0.188 e. The van der Waals surface area contributed by atoms with Crippen LogP contribution >= 0.6 is 24.0 Å². The average molecular weight is 377 g/mol. The van der Waals surface area contributed by atoms with Gasteiger partial charge in [-0.1, -0.05) is 19.1 Å². The van der Waals surface area contributed by atoms with E-state index >= 15 is 0 Å². The molecule has 106 valence electrons. The summed E-state index contributed by atoms with van der Waals surface area (Å²) in [5, 5.41) is 3.06. The number of nitrogens with two attached hydrogens (primary N) is 1. The van der Waals surface area contributed by atoms with Gasteiger partial charge in [-0.25, -0.2) is 4.39 Å². The summed E-state index contributed by atoms with van der Waals surface area (Å²) < 4.78 is 12.9. The number of halogens is 2. The van der Waals surface area contributed by atoms with Crippen molar-refractivity contribution in [2.24, 2.45) is 10.7 Å². The van der Waals surface area contributed by atoms with Crippen LogP contribution in [-0.2, 0) is 5.41 Å². The number of hydrogen-bond acceptors (Lipinski definition) is 1. The molecule has 0 amide bonds. The van der Waals surface area contributed by atoms with Gasteiger partial charge in [-0.2, -0.15) is 0 Å². The first-order valence-corrected chi connectivity index (χ1v) is 6.46. The van der Waals surface area contributed by atoms with Crippen LogP contribution in [0.2, 0.25) is 0 Å². The van der Waals surface area contributed by atoms with Gasteiger partial charge < -0.3 is 11.1 Å². The molecule has 1 aliphatic rings. The molecule has 0 radical (unpaired) electrons. The molecule has 0 bridgehead atoms. The maximum Gasteiger partial charge on any atom is 0.188 e. The van der Waals surface area contributed by atoms with Crippen molar-refractivity contribution in [1.82, 2.24) is 5.32 Å². The second-order valence-electron chi connectivity index (χ2n) is 4.92. The molecule has 0 spiro atoms. The number of nitrogens with one attached hydrogen (secondary N) is 1. The Hall–Kier alpha value is -0.850. The lowest BCUT2D eigenvalue weighted by atomic mass is 9.96. The topological polar surface area (TPSA) is 50.4 Å². The monoisotopic (exact) mass is 377 g/mol. The SMILES string of the molecule is CCCNC(N)=NCC1(c2ccc(F)cc2)CC1.I. The number of nitrogens with zero attached hydrogens (tertiary/aromatic N) is 1. The summed E-state index contributed by atoms with van der Waals surface area (Å²) in [6.07, 6.45) is 3.23. The summed E-state index contributed by atoms with van der Waals surface area (Å²) in [6.45, 7) is 3.61. The van der Waals surface area contributed by atoms with E-state index in [0.29, 0.717) is 12.5 Å². The van der Waals surface area contributed by atoms with Gasteiger partial charge in [0.1, 0.15) is 5.82 Å². The van der Waals surface area contributed by atoms with Crippen LogP contribution in [0.1, 0.15) is 31.7 Å². The molecule has 1 aliphatic carbocycles. The van der Waals surface area contributed by atoms with Gasteiger partial charge in [-0.3, -0.25) is 4.99 Å². The van der Waals surface area contributed by atoms with E-state index in [0.717, 1.165) is 31.4 Å². The predicted octanol–water partition coefficient (Wildman–Crippen LogP) is 2.79. The zero-order valence-electron chi connectivity index (χ0n) is 11.2. The number of hydrogen-bond donors (Lipinski definition) is 2. The highest BCUT2D eigenvalue weighted by Crippen LogP contribution is 2.48. The van der Waals surface area contributed by atoms with Crippen LogP contribution in [-0.4, -0.2) is 19.0 Å². The normalized spacial score (nSPS) is 16.6. The van der Waals surface area contributed by atoms with Gasteiger partial charge in [0.25, 0.3) is 0 Å². The van der Waals surface area contributed by atoms with Crippen molar-refractivity contribution >= 4 is 29.9 Å². The van der Waals surface area contributed by atoms with Gasteiger partial charge in [-0.15, -0.1) is 24.0 Å². The molecule has 3 N–H and O–H groups in total. The Morgan fingerprint density at radius 1 is 1.37 bits per heavy atom. The Morgan fingerprint density at radius 2 is 2.00 bits per heavy atom. The summed E-state index contributed by atoms with van der Waals surface area (Å²) >= 11 is 0. The highest BCUT2D eigenvalue weighted by atomic mass is 127. The molecule has 0 aromatic heterocycles. The van der Waals surface area contributed by atoms with Crippen LogP contribution in [0.15, 0.2) is 29.3 Å². The first-order valence-electron chi connectivity index (χ1n) is 6.46. The molecule has 1 aromatic carbocycles. The van der Waals surface area contributed by atoms with Gasteiger partial charge in [0.2, 0.25) is 0 Å². The van der Waals surface area contributed by atoms with Crippen molar-refractivity contribution in [2.45, 2.75) is 31.6 Å². The van der Waals surface area contributed by atoms with Gasteiger partial charge in [-0.05, 0) is 37.0 Å².